The van der Waals surface area contributed by atoms with Gasteiger partial charge in [-0.3, -0.25) is 0 Å². The lowest BCUT2D eigenvalue weighted by molar-refractivity contribution is -0.0288. The lowest BCUT2D eigenvalue weighted by Gasteiger charge is -2.36. The predicted octanol–water partition coefficient (Wildman–Crippen LogP) is 4.20. The molecule has 0 saturated carbocycles. The van der Waals surface area contributed by atoms with Gasteiger partial charge in [0.2, 0.25) is 0 Å². The fraction of sp³-hybridized carbons (Fsp3) is 0.625. The largest absolute Gasteiger partial charge is 0.377 e. The van der Waals surface area contributed by atoms with Crippen molar-refractivity contribution >= 4 is 11.6 Å². The second-order valence-corrected chi connectivity index (χ2v) is 5.70. The van der Waals surface area contributed by atoms with Gasteiger partial charge in [-0.05, 0) is 44.4 Å². The zero-order valence-corrected chi connectivity index (χ0v) is 13.6. The van der Waals surface area contributed by atoms with E-state index in [2.05, 4.69) is 26.1 Å². The summed E-state index contributed by atoms with van der Waals surface area (Å²) in [4.78, 5) is 0. The van der Waals surface area contributed by atoms with Gasteiger partial charge in [-0.15, -0.1) is 0 Å². The minimum atomic E-state index is -0.329. The quantitative estimate of drug-likeness (QED) is 0.777. The number of nitrogens with one attached hydrogen (secondary N) is 1. The first-order valence-electron chi connectivity index (χ1n) is 7.19. The number of rotatable bonds is 8. The molecule has 0 aliphatic heterocycles. The summed E-state index contributed by atoms with van der Waals surface area (Å²) in [5.74, 6) is -0.327. The Balaban J connectivity index is 2.97. The SMILES string of the molecule is CCCNC(Cc1cccc(Cl)c1F)C(C)(CC)OC. The highest BCUT2D eigenvalue weighted by molar-refractivity contribution is 6.30. The minimum Gasteiger partial charge on any atom is -0.377 e. The lowest BCUT2D eigenvalue weighted by Crippen LogP contribution is -2.51. The van der Waals surface area contributed by atoms with Crippen LogP contribution in [0.15, 0.2) is 18.2 Å². The van der Waals surface area contributed by atoms with Gasteiger partial charge in [0, 0.05) is 13.2 Å². The molecule has 1 rings (SSSR count). The average Bonchev–Trinajstić information content (AvgIpc) is 2.46. The number of ether oxygens (including phenoxy) is 1. The smallest absolute Gasteiger partial charge is 0.145 e. The fourth-order valence-corrected chi connectivity index (χ4v) is 2.48. The van der Waals surface area contributed by atoms with Crippen LogP contribution in [0.1, 0.15) is 39.2 Å². The van der Waals surface area contributed by atoms with Crippen molar-refractivity contribution in [3.63, 3.8) is 0 Å². The van der Waals surface area contributed by atoms with Crippen molar-refractivity contribution in [1.29, 1.82) is 0 Å². The molecule has 1 aromatic carbocycles. The molecule has 0 aliphatic carbocycles. The van der Waals surface area contributed by atoms with Gasteiger partial charge < -0.3 is 10.1 Å². The van der Waals surface area contributed by atoms with Crippen molar-refractivity contribution in [2.24, 2.45) is 0 Å². The van der Waals surface area contributed by atoms with Gasteiger partial charge in [-0.25, -0.2) is 4.39 Å². The molecule has 2 nitrogen and oxygen atoms in total. The molecule has 20 heavy (non-hydrogen) atoms. The highest BCUT2D eigenvalue weighted by Gasteiger charge is 2.32. The van der Waals surface area contributed by atoms with Crippen LogP contribution in [0.4, 0.5) is 4.39 Å². The molecular formula is C16H25ClFNO. The number of hydrogen-bond acceptors (Lipinski definition) is 2. The van der Waals surface area contributed by atoms with Crippen LogP contribution >= 0.6 is 11.6 Å². The molecule has 0 heterocycles. The summed E-state index contributed by atoms with van der Waals surface area (Å²) in [6.07, 6.45) is 2.44. The van der Waals surface area contributed by atoms with Crippen molar-refractivity contribution in [3.05, 3.63) is 34.6 Å². The summed E-state index contributed by atoms with van der Waals surface area (Å²) < 4.78 is 19.8. The molecule has 0 saturated heterocycles. The lowest BCUT2D eigenvalue weighted by atomic mass is 9.88. The Hall–Kier alpha value is -0.640. The van der Waals surface area contributed by atoms with Gasteiger partial charge >= 0.3 is 0 Å². The first-order valence-corrected chi connectivity index (χ1v) is 7.57. The van der Waals surface area contributed by atoms with E-state index >= 15 is 0 Å². The van der Waals surface area contributed by atoms with Crippen LogP contribution in [0, 0.1) is 5.82 Å². The standard InChI is InChI=1S/C16H25ClFNO/c1-5-10-19-14(16(3,6-2)20-4)11-12-8-7-9-13(17)15(12)18/h7-9,14,19H,5-6,10-11H2,1-4H3. The summed E-state index contributed by atoms with van der Waals surface area (Å²) in [6.45, 7) is 7.13. The van der Waals surface area contributed by atoms with Crippen LogP contribution in [0.5, 0.6) is 0 Å². The Labute approximate surface area is 126 Å². The van der Waals surface area contributed by atoms with E-state index in [9.17, 15) is 4.39 Å². The van der Waals surface area contributed by atoms with Crippen LogP contribution in [0.3, 0.4) is 0 Å². The normalized spacial score (nSPS) is 15.9. The highest BCUT2D eigenvalue weighted by Crippen LogP contribution is 2.25. The first kappa shape index (κ1) is 17.4. The Bertz CT molecular complexity index is 421. The first-order chi connectivity index (χ1) is 9.48. The zero-order chi connectivity index (χ0) is 15.2. The van der Waals surface area contributed by atoms with Crippen LogP contribution in [0.2, 0.25) is 5.02 Å². The van der Waals surface area contributed by atoms with Crippen LogP contribution in [-0.4, -0.2) is 25.3 Å². The van der Waals surface area contributed by atoms with E-state index in [1.165, 1.54) is 0 Å². The third-order valence-corrected chi connectivity index (χ3v) is 4.29. The van der Waals surface area contributed by atoms with Crippen LogP contribution < -0.4 is 5.32 Å². The molecule has 0 aliphatic rings. The fourth-order valence-electron chi connectivity index (χ4n) is 2.28. The number of hydrogen-bond donors (Lipinski definition) is 1. The van der Waals surface area contributed by atoms with Gasteiger partial charge in [0.15, 0.2) is 0 Å². The second-order valence-electron chi connectivity index (χ2n) is 5.29. The van der Waals surface area contributed by atoms with E-state index in [1.807, 2.05) is 0 Å². The zero-order valence-electron chi connectivity index (χ0n) is 12.8. The number of benzene rings is 1. The predicted molar refractivity (Wildman–Crippen MR) is 82.9 cm³/mol. The monoisotopic (exact) mass is 301 g/mol. The highest BCUT2D eigenvalue weighted by atomic mass is 35.5. The molecule has 0 aromatic heterocycles. The third-order valence-electron chi connectivity index (χ3n) is 4.00. The van der Waals surface area contributed by atoms with E-state index in [4.69, 9.17) is 16.3 Å². The van der Waals surface area contributed by atoms with Crippen molar-refractivity contribution < 1.29 is 9.13 Å². The minimum absolute atomic E-state index is 0.0467. The van der Waals surface area contributed by atoms with E-state index in [0.717, 1.165) is 19.4 Å². The number of methoxy groups -OCH3 is 1. The molecule has 2 unspecified atom stereocenters. The maximum Gasteiger partial charge on any atom is 0.145 e. The maximum absolute atomic E-state index is 14.1. The molecule has 1 N–H and O–H groups in total. The van der Waals surface area contributed by atoms with Crippen molar-refractivity contribution in [1.82, 2.24) is 5.32 Å². The van der Waals surface area contributed by atoms with Crippen molar-refractivity contribution in [2.45, 2.75) is 51.7 Å². The molecule has 0 spiro atoms. The average molecular weight is 302 g/mol. The Morgan fingerprint density at radius 1 is 1.40 bits per heavy atom. The summed E-state index contributed by atoms with van der Waals surface area (Å²) in [7, 11) is 1.71. The molecule has 0 bridgehead atoms. The Kier molecular flexibility index (Phi) is 6.93. The van der Waals surface area contributed by atoms with Crippen LogP contribution in [-0.2, 0) is 11.2 Å². The molecule has 2 atom stereocenters. The summed E-state index contributed by atoms with van der Waals surface area (Å²) in [5.41, 5.74) is 0.298. The van der Waals surface area contributed by atoms with E-state index in [-0.39, 0.29) is 22.5 Å². The molecule has 114 valence electrons. The Morgan fingerprint density at radius 2 is 2.10 bits per heavy atom. The van der Waals surface area contributed by atoms with Gasteiger partial charge in [0.1, 0.15) is 5.82 Å². The second kappa shape index (κ2) is 7.96. The summed E-state index contributed by atoms with van der Waals surface area (Å²) in [5, 5.41) is 3.65. The molecular weight excluding hydrogens is 277 g/mol. The van der Waals surface area contributed by atoms with Crippen molar-refractivity contribution in [2.75, 3.05) is 13.7 Å². The van der Waals surface area contributed by atoms with Gasteiger partial charge in [-0.1, -0.05) is 37.6 Å². The van der Waals surface area contributed by atoms with Gasteiger partial charge in [0.05, 0.1) is 10.6 Å². The van der Waals surface area contributed by atoms with Gasteiger partial charge in [-0.2, -0.15) is 0 Å². The number of halogens is 2. The van der Waals surface area contributed by atoms with Crippen molar-refractivity contribution in [3.8, 4) is 0 Å². The summed E-state index contributed by atoms with van der Waals surface area (Å²) >= 11 is 5.86. The molecule has 4 heteroatoms. The third kappa shape index (κ3) is 4.18. The van der Waals surface area contributed by atoms with E-state index in [0.29, 0.717) is 12.0 Å². The van der Waals surface area contributed by atoms with E-state index in [1.54, 1.807) is 25.3 Å². The molecule has 0 radical (unpaired) electrons. The summed E-state index contributed by atoms with van der Waals surface area (Å²) in [6, 6.07) is 5.19. The van der Waals surface area contributed by atoms with Crippen LogP contribution in [0.25, 0.3) is 0 Å². The topological polar surface area (TPSA) is 21.3 Å². The molecule has 1 aromatic rings. The Morgan fingerprint density at radius 3 is 2.65 bits per heavy atom. The van der Waals surface area contributed by atoms with E-state index < -0.39 is 0 Å². The molecule has 0 fully saturated rings. The molecule has 0 amide bonds. The van der Waals surface area contributed by atoms with Gasteiger partial charge in [0.25, 0.3) is 0 Å². The maximum atomic E-state index is 14.1.